The average Bonchev–Trinajstić information content (AvgIpc) is 2.63. The molecule has 0 bridgehead atoms. The molecule has 3 N–H and O–H groups in total. The van der Waals surface area contributed by atoms with E-state index in [0.29, 0.717) is 44.1 Å². The lowest BCUT2D eigenvalue weighted by molar-refractivity contribution is -0.143. The van der Waals surface area contributed by atoms with Gasteiger partial charge in [-0.1, -0.05) is 12.1 Å². The third-order valence-corrected chi connectivity index (χ3v) is 3.41. The van der Waals surface area contributed by atoms with Crippen molar-refractivity contribution in [1.29, 1.82) is 0 Å². The molecule has 0 heterocycles. The number of hydrogen-bond donors (Lipinski definition) is 3. The second kappa shape index (κ2) is 15.3. The monoisotopic (exact) mass is 515 g/mol. The molecule has 7 nitrogen and oxygen atoms in total. The van der Waals surface area contributed by atoms with E-state index < -0.39 is 12.7 Å². The van der Waals surface area contributed by atoms with Crippen LogP contribution in [-0.2, 0) is 9.53 Å². The molecule has 0 aliphatic heterocycles. The number of nitrogens with zero attached hydrogens (tertiary/aromatic N) is 1. The van der Waals surface area contributed by atoms with E-state index in [-0.39, 0.29) is 42.2 Å². The van der Waals surface area contributed by atoms with E-state index in [4.69, 9.17) is 4.74 Å². The van der Waals surface area contributed by atoms with Gasteiger partial charge in [0.25, 0.3) is 0 Å². The van der Waals surface area contributed by atoms with Gasteiger partial charge in [0.1, 0.15) is 5.75 Å². The van der Waals surface area contributed by atoms with Crippen molar-refractivity contribution in [3.05, 3.63) is 29.8 Å². The quantitative estimate of drug-likeness (QED) is 0.138. The van der Waals surface area contributed by atoms with Gasteiger partial charge in [0.05, 0.1) is 19.3 Å². The van der Waals surface area contributed by atoms with Gasteiger partial charge in [0.2, 0.25) is 0 Å². The van der Waals surface area contributed by atoms with Gasteiger partial charge in [0.15, 0.2) is 5.96 Å². The minimum absolute atomic E-state index is 0. The molecule has 0 spiro atoms. The molecule has 1 rings (SSSR count). The van der Waals surface area contributed by atoms with Crippen molar-refractivity contribution in [1.82, 2.24) is 10.6 Å². The number of halogens is 3. The van der Waals surface area contributed by atoms with E-state index in [0.717, 1.165) is 0 Å². The fraction of sp³-hybridized carbons (Fsp3) is 0.556. The molecule has 1 atom stereocenters. The molecule has 0 aliphatic rings. The van der Waals surface area contributed by atoms with Crippen LogP contribution in [0.15, 0.2) is 29.3 Å². The van der Waals surface area contributed by atoms with E-state index in [9.17, 15) is 18.7 Å². The largest absolute Gasteiger partial charge is 0.466 e. The van der Waals surface area contributed by atoms with Gasteiger partial charge in [-0.25, -0.2) is 0 Å². The summed E-state index contributed by atoms with van der Waals surface area (Å²) in [6.45, 7) is 2.40. The number of aliphatic imine (C=N–C) groups is 1. The van der Waals surface area contributed by atoms with Gasteiger partial charge in [-0.05, 0) is 38.0 Å². The summed E-state index contributed by atoms with van der Waals surface area (Å²) in [6.07, 6.45) is 0.0217. The van der Waals surface area contributed by atoms with Gasteiger partial charge >= 0.3 is 12.6 Å². The zero-order valence-electron chi connectivity index (χ0n) is 16.0. The maximum Gasteiger partial charge on any atom is 0.387 e. The van der Waals surface area contributed by atoms with Crippen LogP contribution in [0.5, 0.6) is 5.75 Å². The second-order valence-corrected chi connectivity index (χ2v) is 5.52. The number of guanidine groups is 1. The highest BCUT2D eigenvalue weighted by Crippen LogP contribution is 2.19. The van der Waals surface area contributed by atoms with Crippen molar-refractivity contribution in [3.63, 3.8) is 0 Å². The topological polar surface area (TPSA) is 92.2 Å². The van der Waals surface area contributed by atoms with Crippen LogP contribution < -0.4 is 15.4 Å². The lowest BCUT2D eigenvalue weighted by Crippen LogP contribution is -2.38. The van der Waals surface area contributed by atoms with Crippen LogP contribution in [0.4, 0.5) is 8.78 Å². The normalized spacial score (nSPS) is 12.1. The molecular weight excluding hydrogens is 487 g/mol. The Morgan fingerprint density at radius 1 is 1.21 bits per heavy atom. The lowest BCUT2D eigenvalue weighted by atomic mass is 10.1. The van der Waals surface area contributed by atoms with Crippen molar-refractivity contribution in [2.45, 2.75) is 39.4 Å². The van der Waals surface area contributed by atoms with Crippen LogP contribution in [0.2, 0.25) is 0 Å². The predicted molar refractivity (Wildman–Crippen MR) is 113 cm³/mol. The van der Waals surface area contributed by atoms with Crippen molar-refractivity contribution >= 4 is 35.9 Å². The van der Waals surface area contributed by atoms with Crippen molar-refractivity contribution in [2.75, 3.05) is 26.2 Å². The first-order chi connectivity index (χ1) is 13.0. The molecule has 28 heavy (non-hydrogen) atoms. The Morgan fingerprint density at radius 3 is 2.46 bits per heavy atom. The molecule has 0 fully saturated rings. The smallest absolute Gasteiger partial charge is 0.387 e. The molecule has 160 valence electrons. The van der Waals surface area contributed by atoms with Gasteiger partial charge in [0, 0.05) is 19.5 Å². The highest BCUT2D eigenvalue weighted by molar-refractivity contribution is 14.0. The minimum Gasteiger partial charge on any atom is -0.466 e. The molecule has 0 saturated heterocycles. The highest BCUT2D eigenvalue weighted by Gasteiger charge is 2.10. The molecule has 0 aliphatic carbocycles. The average molecular weight is 515 g/mol. The maximum absolute atomic E-state index is 12.1. The summed E-state index contributed by atoms with van der Waals surface area (Å²) in [5, 5.41) is 16.3. The van der Waals surface area contributed by atoms with Crippen LogP contribution in [0.1, 0.15) is 38.4 Å². The zero-order chi connectivity index (χ0) is 20.1. The zero-order valence-corrected chi connectivity index (χ0v) is 18.3. The van der Waals surface area contributed by atoms with Crippen LogP contribution in [0.3, 0.4) is 0 Å². The van der Waals surface area contributed by atoms with Gasteiger partial charge in [-0.2, -0.15) is 8.78 Å². The molecule has 1 aromatic carbocycles. The van der Waals surface area contributed by atoms with E-state index in [1.807, 2.05) is 6.92 Å². The van der Waals surface area contributed by atoms with E-state index in [1.165, 1.54) is 24.3 Å². The molecule has 0 aromatic heterocycles. The Bertz CT molecular complexity index is 589. The molecule has 10 heteroatoms. The Hall–Kier alpha value is -1.69. The summed E-state index contributed by atoms with van der Waals surface area (Å²) in [5.41, 5.74) is 0.540. The Morgan fingerprint density at radius 2 is 1.89 bits per heavy atom. The van der Waals surface area contributed by atoms with Gasteiger partial charge < -0.3 is 25.2 Å². The summed E-state index contributed by atoms with van der Waals surface area (Å²) in [7, 11) is 0. The van der Waals surface area contributed by atoms with Crippen molar-refractivity contribution < 1.29 is 28.2 Å². The Kier molecular flexibility index (Phi) is 14.3. The number of ether oxygens (including phenoxy) is 2. The van der Waals surface area contributed by atoms with Crippen LogP contribution in [0, 0.1) is 0 Å². The third kappa shape index (κ3) is 11.2. The van der Waals surface area contributed by atoms with Gasteiger partial charge in [-0.3, -0.25) is 9.79 Å². The van der Waals surface area contributed by atoms with Crippen LogP contribution in [-0.4, -0.2) is 49.9 Å². The summed E-state index contributed by atoms with van der Waals surface area (Å²) >= 11 is 0. The fourth-order valence-corrected chi connectivity index (χ4v) is 2.17. The standard InChI is InChI=1S/C18H27F2N3O4.HI/c1-3-21-18(22-11-5-6-16(25)26-4-2)23-12-15(24)13-7-9-14(10-8-13)27-17(19)20;/h7-10,15,17,24H,3-6,11-12H2,1-2H3,(H2,21,22,23);1H. The SMILES string of the molecule is CCNC(=NCC(O)c1ccc(OC(F)F)cc1)NCCCC(=O)OCC.I. The van der Waals surface area contributed by atoms with E-state index in [1.54, 1.807) is 6.92 Å². The number of rotatable bonds is 11. The number of aliphatic hydroxyl groups excluding tert-OH is 1. The molecular formula is C18H28F2IN3O4. The maximum atomic E-state index is 12.1. The number of esters is 1. The third-order valence-electron chi connectivity index (χ3n) is 3.41. The number of hydrogen-bond acceptors (Lipinski definition) is 5. The minimum atomic E-state index is -2.89. The number of benzene rings is 1. The van der Waals surface area contributed by atoms with Crippen LogP contribution >= 0.6 is 24.0 Å². The summed E-state index contributed by atoms with van der Waals surface area (Å²) < 4.78 is 33.4. The second-order valence-electron chi connectivity index (χ2n) is 5.52. The number of carbonyl (C=O) groups is 1. The van der Waals surface area contributed by atoms with Crippen LogP contribution in [0.25, 0.3) is 0 Å². The summed E-state index contributed by atoms with van der Waals surface area (Å²) in [5.74, 6) is 0.301. The first kappa shape index (κ1) is 26.3. The molecule has 0 saturated carbocycles. The number of nitrogens with one attached hydrogen (secondary N) is 2. The van der Waals surface area contributed by atoms with Gasteiger partial charge in [-0.15, -0.1) is 24.0 Å². The molecule has 0 amide bonds. The Labute approximate surface area is 180 Å². The first-order valence-electron chi connectivity index (χ1n) is 8.86. The van der Waals surface area contributed by atoms with Crippen molar-refractivity contribution in [2.24, 2.45) is 4.99 Å². The number of carbonyl (C=O) groups excluding carboxylic acids is 1. The first-order valence-corrected chi connectivity index (χ1v) is 8.86. The summed E-state index contributed by atoms with van der Waals surface area (Å²) in [6, 6.07) is 5.76. The number of aliphatic hydroxyl groups is 1. The van der Waals surface area contributed by atoms with E-state index >= 15 is 0 Å². The van der Waals surface area contributed by atoms with E-state index in [2.05, 4.69) is 20.4 Å². The predicted octanol–water partition coefficient (Wildman–Crippen LogP) is 2.84. The molecule has 1 unspecified atom stereocenters. The molecule has 0 radical (unpaired) electrons. The fourth-order valence-electron chi connectivity index (χ4n) is 2.17. The van der Waals surface area contributed by atoms with Crippen molar-refractivity contribution in [3.8, 4) is 5.75 Å². The number of alkyl halides is 2. The molecule has 1 aromatic rings. The lowest BCUT2D eigenvalue weighted by Gasteiger charge is -2.13. The Balaban J connectivity index is 0.00000729. The highest BCUT2D eigenvalue weighted by atomic mass is 127. The summed E-state index contributed by atoms with van der Waals surface area (Å²) in [4.78, 5) is 15.6.